The highest BCUT2D eigenvalue weighted by atomic mass is 16.3. The van der Waals surface area contributed by atoms with Crippen molar-refractivity contribution in [2.45, 2.75) is 26.4 Å². The predicted molar refractivity (Wildman–Crippen MR) is 61.9 cm³/mol. The van der Waals surface area contributed by atoms with Crippen molar-refractivity contribution in [1.29, 1.82) is 0 Å². The van der Waals surface area contributed by atoms with Gasteiger partial charge in [-0.3, -0.25) is 4.68 Å². The molecule has 2 heterocycles. The fourth-order valence-electron chi connectivity index (χ4n) is 1.82. The molecular formula is C12H17N3O. The van der Waals surface area contributed by atoms with Crippen LogP contribution in [-0.4, -0.2) is 9.78 Å². The monoisotopic (exact) mass is 219 g/mol. The maximum Gasteiger partial charge on any atom is 0.117 e. The van der Waals surface area contributed by atoms with Gasteiger partial charge in [0.1, 0.15) is 5.76 Å². The Labute approximate surface area is 95.3 Å². The minimum absolute atomic E-state index is 0.277. The average molecular weight is 219 g/mol. The molecule has 0 amide bonds. The van der Waals surface area contributed by atoms with Gasteiger partial charge in [0.05, 0.1) is 18.5 Å². The number of hydrogen-bond acceptors (Lipinski definition) is 3. The van der Waals surface area contributed by atoms with Gasteiger partial charge >= 0.3 is 0 Å². The number of furan rings is 1. The first-order valence-electron chi connectivity index (χ1n) is 5.42. The van der Waals surface area contributed by atoms with Crippen LogP contribution in [0.15, 0.2) is 29.0 Å². The van der Waals surface area contributed by atoms with E-state index in [0.717, 1.165) is 18.0 Å². The number of nitrogens with one attached hydrogen (secondary N) is 1. The van der Waals surface area contributed by atoms with Gasteiger partial charge in [0.25, 0.3) is 0 Å². The molecule has 2 aromatic rings. The normalized spacial score (nSPS) is 12.9. The molecule has 86 valence electrons. The summed E-state index contributed by atoms with van der Waals surface area (Å²) < 4.78 is 7.11. The van der Waals surface area contributed by atoms with E-state index in [0.29, 0.717) is 0 Å². The van der Waals surface area contributed by atoms with Crippen molar-refractivity contribution in [2.24, 2.45) is 7.05 Å². The summed E-state index contributed by atoms with van der Waals surface area (Å²) in [6, 6.07) is 4.14. The summed E-state index contributed by atoms with van der Waals surface area (Å²) in [4.78, 5) is 0. The van der Waals surface area contributed by atoms with Crippen LogP contribution in [0.2, 0.25) is 0 Å². The minimum Gasteiger partial charge on any atom is -0.468 e. The van der Waals surface area contributed by atoms with E-state index >= 15 is 0 Å². The molecule has 4 nitrogen and oxygen atoms in total. The van der Waals surface area contributed by atoms with Gasteiger partial charge in [-0.1, -0.05) is 0 Å². The second-order valence-electron chi connectivity index (χ2n) is 4.03. The van der Waals surface area contributed by atoms with Gasteiger partial charge < -0.3 is 9.73 Å². The van der Waals surface area contributed by atoms with Crippen LogP contribution >= 0.6 is 0 Å². The van der Waals surface area contributed by atoms with Crippen LogP contribution in [0.1, 0.15) is 30.0 Å². The highest BCUT2D eigenvalue weighted by Gasteiger charge is 2.11. The summed E-state index contributed by atoms with van der Waals surface area (Å²) in [6.07, 6.45) is 3.74. The molecule has 0 aliphatic carbocycles. The Kier molecular flexibility index (Phi) is 3.10. The molecular weight excluding hydrogens is 202 g/mol. The molecule has 2 aromatic heterocycles. The van der Waals surface area contributed by atoms with Crippen LogP contribution < -0.4 is 5.32 Å². The van der Waals surface area contributed by atoms with E-state index in [1.54, 1.807) is 6.26 Å². The van der Waals surface area contributed by atoms with Crippen LogP contribution in [0.3, 0.4) is 0 Å². The van der Waals surface area contributed by atoms with Crippen molar-refractivity contribution in [3.8, 4) is 0 Å². The summed E-state index contributed by atoms with van der Waals surface area (Å²) in [5.41, 5.74) is 2.30. The van der Waals surface area contributed by atoms with Crippen LogP contribution in [-0.2, 0) is 13.6 Å². The molecule has 1 N–H and O–H groups in total. The molecule has 0 saturated carbocycles. The number of hydrogen-bond donors (Lipinski definition) is 1. The average Bonchev–Trinajstić information content (AvgIpc) is 2.84. The maximum absolute atomic E-state index is 5.27. The van der Waals surface area contributed by atoms with Gasteiger partial charge in [-0.05, 0) is 26.0 Å². The van der Waals surface area contributed by atoms with Gasteiger partial charge in [-0.15, -0.1) is 0 Å². The van der Waals surface area contributed by atoms with Crippen molar-refractivity contribution in [1.82, 2.24) is 15.1 Å². The lowest BCUT2D eigenvalue weighted by Crippen LogP contribution is -2.18. The Hall–Kier alpha value is -1.55. The second kappa shape index (κ2) is 4.53. The molecule has 0 aromatic carbocycles. The van der Waals surface area contributed by atoms with E-state index in [2.05, 4.69) is 23.5 Å². The lowest BCUT2D eigenvalue weighted by atomic mass is 10.1. The van der Waals surface area contributed by atoms with E-state index in [-0.39, 0.29) is 6.04 Å². The van der Waals surface area contributed by atoms with E-state index in [1.807, 2.05) is 30.8 Å². The third-order valence-corrected chi connectivity index (χ3v) is 2.68. The van der Waals surface area contributed by atoms with Crippen LogP contribution in [0.4, 0.5) is 0 Å². The Morgan fingerprint density at radius 2 is 2.38 bits per heavy atom. The maximum atomic E-state index is 5.27. The Bertz CT molecular complexity index is 445. The Balaban J connectivity index is 1.98. The van der Waals surface area contributed by atoms with E-state index < -0.39 is 0 Å². The minimum atomic E-state index is 0.277. The van der Waals surface area contributed by atoms with Crippen molar-refractivity contribution in [3.05, 3.63) is 41.6 Å². The molecule has 0 aliphatic heterocycles. The van der Waals surface area contributed by atoms with E-state index in [1.165, 1.54) is 5.56 Å². The molecule has 0 aliphatic rings. The molecule has 4 heteroatoms. The largest absolute Gasteiger partial charge is 0.468 e. The highest BCUT2D eigenvalue weighted by Crippen LogP contribution is 2.16. The quantitative estimate of drug-likeness (QED) is 0.857. The molecule has 0 saturated heterocycles. The highest BCUT2D eigenvalue weighted by molar-refractivity contribution is 5.19. The zero-order chi connectivity index (χ0) is 11.5. The fourth-order valence-corrected chi connectivity index (χ4v) is 1.82. The van der Waals surface area contributed by atoms with Gasteiger partial charge in [0.2, 0.25) is 0 Å². The molecule has 2 rings (SSSR count). The zero-order valence-corrected chi connectivity index (χ0v) is 9.90. The Morgan fingerprint density at radius 3 is 2.94 bits per heavy atom. The molecule has 0 fully saturated rings. The number of nitrogens with zero attached hydrogens (tertiary/aromatic N) is 2. The third-order valence-electron chi connectivity index (χ3n) is 2.68. The summed E-state index contributed by atoms with van der Waals surface area (Å²) in [6.45, 7) is 4.90. The van der Waals surface area contributed by atoms with Crippen molar-refractivity contribution in [2.75, 3.05) is 0 Å². The summed E-state index contributed by atoms with van der Waals surface area (Å²) in [5.74, 6) is 0.952. The number of rotatable bonds is 4. The molecule has 16 heavy (non-hydrogen) atoms. The lowest BCUT2D eigenvalue weighted by Gasteiger charge is -2.11. The first-order valence-corrected chi connectivity index (χ1v) is 5.42. The predicted octanol–water partition coefficient (Wildman–Crippen LogP) is 2.17. The Morgan fingerprint density at radius 1 is 1.56 bits per heavy atom. The molecule has 1 unspecified atom stereocenters. The first-order chi connectivity index (χ1) is 7.66. The first kappa shape index (κ1) is 11.0. The van der Waals surface area contributed by atoms with Crippen LogP contribution in [0, 0.1) is 6.92 Å². The third kappa shape index (κ3) is 2.33. The van der Waals surface area contributed by atoms with Gasteiger partial charge in [-0.25, -0.2) is 0 Å². The molecule has 1 atom stereocenters. The molecule has 0 spiro atoms. The molecule has 0 bridgehead atoms. The van der Waals surface area contributed by atoms with Crippen LogP contribution in [0.5, 0.6) is 0 Å². The van der Waals surface area contributed by atoms with Gasteiger partial charge in [0.15, 0.2) is 0 Å². The molecule has 0 radical (unpaired) electrons. The topological polar surface area (TPSA) is 43.0 Å². The summed E-state index contributed by atoms with van der Waals surface area (Å²) in [5, 5.41) is 7.74. The van der Waals surface area contributed by atoms with Crippen molar-refractivity contribution >= 4 is 0 Å². The SMILES string of the molecule is Cc1nn(C)cc1C(C)NCc1ccco1. The van der Waals surface area contributed by atoms with E-state index in [9.17, 15) is 0 Å². The van der Waals surface area contributed by atoms with Crippen LogP contribution in [0.25, 0.3) is 0 Å². The number of aryl methyl sites for hydroxylation is 2. The lowest BCUT2D eigenvalue weighted by molar-refractivity contribution is 0.460. The summed E-state index contributed by atoms with van der Waals surface area (Å²) >= 11 is 0. The zero-order valence-electron chi connectivity index (χ0n) is 9.90. The number of aromatic nitrogens is 2. The fraction of sp³-hybridized carbons (Fsp3) is 0.417. The van der Waals surface area contributed by atoms with Crippen molar-refractivity contribution in [3.63, 3.8) is 0 Å². The standard InChI is InChI=1S/C12H17N3O/c1-9(12-8-15(3)14-10(12)2)13-7-11-5-4-6-16-11/h4-6,8-9,13H,7H2,1-3H3. The van der Waals surface area contributed by atoms with E-state index in [4.69, 9.17) is 4.42 Å². The smallest absolute Gasteiger partial charge is 0.117 e. The second-order valence-corrected chi connectivity index (χ2v) is 4.03. The van der Waals surface area contributed by atoms with Gasteiger partial charge in [-0.2, -0.15) is 5.10 Å². The van der Waals surface area contributed by atoms with Gasteiger partial charge in [0, 0.05) is 24.8 Å². The van der Waals surface area contributed by atoms with Crippen molar-refractivity contribution < 1.29 is 4.42 Å². The summed E-state index contributed by atoms with van der Waals surface area (Å²) in [7, 11) is 1.94.